The number of hydrogen-bond donors (Lipinski definition) is 0. The Morgan fingerprint density at radius 2 is 2.12 bits per heavy atom. The smallest absolute Gasteiger partial charge is 0.355 e. The lowest BCUT2D eigenvalue weighted by atomic mass is 10.2. The molecule has 0 atom stereocenters. The van der Waals surface area contributed by atoms with E-state index in [0.717, 1.165) is 5.56 Å². The van der Waals surface area contributed by atoms with Crippen molar-refractivity contribution < 1.29 is 9.53 Å². The van der Waals surface area contributed by atoms with E-state index >= 15 is 0 Å². The lowest BCUT2D eigenvalue weighted by Crippen LogP contribution is -2.10. The third kappa shape index (κ3) is 2.81. The predicted molar refractivity (Wildman–Crippen MR) is 63.8 cm³/mol. The summed E-state index contributed by atoms with van der Waals surface area (Å²) < 4.78 is 6.65. The molecule has 0 unspecified atom stereocenters. The van der Waals surface area contributed by atoms with Gasteiger partial charge in [0.1, 0.15) is 12.3 Å². The number of rotatable bonds is 4. The van der Waals surface area contributed by atoms with Crippen molar-refractivity contribution in [2.75, 3.05) is 0 Å². The second-order valence-electron chi connectivity index (χ2n) is 3.48. The molecule has 2 aromatic rings. The van der Waals surface area contributed by atoms with Gasteiger partial charge in [-0.25, -0.2) is 9.78 Å². The van der Waals surface area contributed by atoms with Crippen molar-refractivity contribution in [2.24, 2.45) is 0 Å². The minimum atomic E-state index is -0.452. The first-order valence-electron chi connectivity index (χ1n) is 5.15. The number of aromatic nitrogens is 2. The van der Waals surface area contributed by atoms with Gasteiger partial charge in [0.2, 0.25) is 0 Å². The fourth-order valence-electron chi connectivity index (χ4n) is 1.33. The highest BCUT2D eigenvalue weighted by Crippen LogP contribution is 2.06. The zero-order chi connectivity index (χ0) is 12.1. The summed E-state index contributed by atoms with van der Waals surface area (Å²) in [6, 6.07) is 9.50. The number of esters is 1. The highest BCUT2D eigenvalue weighted by Gasteiger charge is 2.09. The van der Waals surface area contributed by atoms with Crippen molar-refractivity contribution in [3.05, 3.63) is 61.2 Å². The number of carbonyl (C=O) groups excluding carboxylic acids is 1. The molecule has 0 amide bonds. The van der Waals surface area contributed by atoms with Crippen molar-refractivity contribution >= 4 is 11.7 Å². The van der Waals surface area contributed by atoms with Gasteiger partial charge < -0.3 is 9.30 Å². The van der Waals surface area contributed by atoms with E-state index in [9.17, 15) is 4.79 Å². The predicted octanol–water partition coefficient (Wildman–Crippen LogP) is 2.10. The molecular weight excluding hydrogens is 216 g/mol. The van der Waals surface area contributed by atoms with Crippen LogP contribution in [0.15, 0.2) is 55.6 Å². The molecule has 1 aromatic heterocycles. The van der Waals surface area contributed by atoms with E-state index in [1.807, 2.05) is 30.3 Å². The Morgan fingerprint density at radius 3 is 2.76 bits per heavy atom. The minimum absolute atomic E-state index is 0.243. The molecule has 1 aromatic carbocycles. The Balaban J connectivity index is 1.92. The Labute approximate surface area is 99.2 Å². The molecule has 0 aliphatic heterocycles. The molecule has 1 heterocycles. The summed E-state index contributed by atoms with van der Waals surface area (Å²) in [5.74, 6) is -0.452. The molecule has 0 N–H and O–H groups in total. The first-order chi connectivity index (χ1) is 8.27. The zero-order valence-corrected chi connectivity index (χ0v) is 9.24. The molecule has 0 saturated heterocycles. The Bertz CT molecular complexity index is 503. The number of imidazole rings is 1. The van der Waals surface area contributed by atoms with E-state index in [1.165, 1.54) is 10.9 Å². The van der Waals surface area contributed by atoms with Crippen LogP contribution in [0.4, 0.5) is 0 Å². The summed E-state index contributed by atoms with van der Waals surface area (Å²) in [5, 5.41) is 0. The van der Waals surface area contributed by atoms with Gasteiger partial charge in [-0.3, -0.25) is 0 Å². The normalized spacial score (nSPS) is 9.88. The van der Waals surface area contributed by atoms with Crippen LogP contribution >= 0.6 is 0 Å². The highest BCUT2D eigenvalue weighted by molar-refractivity contribution is 6.08. The van der Waals surface area contributed by atoms with Gasteiger partial charge in [0.25, 0.3) is 0 Å². The molecule has 0 aliphatic rings. The number of ether oxygens (including phenoxy) is 1. The van der Waals surface area contributed by atoms with Crippen molar-refractivity contribution in [1.82, 2.24) is 9.55 Å². The van der Waals surface area contributed by atoms with Gasteiger partial charge in [-0.05, 0) is 5.56 Å². The first-order valence-corrected chi connectivity index (χ1v) is 5.15. The Hall–Kier alpha value is -2.36. The lowest BCUT2D eigenvalue weighted by Gasteiger charge is -2.07. The molecule has 86 valence electrons. The average Bonchev–Trinajstić information content (AvgIpc) is 2.90. The summed E-state index contributed by atoms with van der Waals surface area (Å²) in [7, 11) is 0. The van der Waals surface area contributed by atoms with Crippen LogP contribution in [0, 0.1) is 0 Å². The minimum Gasteiger partial charge on any atom is -0.456 e. The van der Waals surface area contributed by atoms with Gasteiger partial charge in [0.15, 0.2) is 0 Å². The quantitative estimate of drug-likeness (QED) is 0.594. The first kappa shape index (κ1) is 11.1. The summed E-state index contributed by atoms with van der Waals surface area (Å²) in [6.07, 6.45) is 4.73. The highest BCUT2D eigenvalue weighted by atomic mass is 16.5. The molecular formula is C13H12N2O2. The zero-order valence-electron chi connectivity index (χ0n) is 9.24. The number of hydrogen-bond acceptors (Lipinski definition) is 3. The van der Waals surface area contributed by atoms with E-state index in [4.69, 9.17) is 4.74 Å². The van der Waals surface area contributed by atoms with Crippen LogP contribution in [-0.4, -0.2) is 15.5 Å². The summed E-state index contributed by atoms with van der Waals surface area (Å²) in [6.45, 7) is 3.90. The van der Waals surface area contributed by atoms with E-state index in [2.05, 4.69) is 11.6 Å². The van der Waals surface area contributed by atoms with Crippen LogP contribution in [0.2, 0.25) is 0 Å². The third-order valence-corrected chi connectivity index (χ3v) is 2.26. The van der Waals surface area contributed by atoms with Crippen LogP contribution in [0.3, 0.4) is 0 Å². The molecule has 0 radical (unpaired) electrons. The molecule has 0 saturated carbocycles. The van der Waals surface area contributed by atoms with Gasteiger partial charge in [-0.15, -0.1) is 0 Å². The van der Waals surface area contributed by atoms with Gasteiger partial charge in [0, 0.05) is 12.4 Å². The number of nitrogens with zero attached hydrogens (tertiary/aromatic N) is 2. The number of benzene rings is 1. The SMILES string of the molecule is C=C(C(=O)OCc1ccccc1)n1ccnc1. The van der Waals surface area contributed by atoms with Crippen molar-refractivity contribution in [3.8, 4) is 0 Å². The Kier molecular flexibility index (Phi) is 3.35. The van der Waals surface area contributed by atoms with Gasteiger partial charge in [-0.1, -0.05) is 36.9 Å². The van der Waals surface area contributed by atoms with Crippen molar-refractivity contribution in [2.45, 2.75) is 6.61 Å². The van der Waals surface area contributed by atoms with Crippen molar-refractivity contribution in [3.63, 3.8) is 0 Å². The maximum Gasteiger partial charge on any atom is 0.355 e. The maximum atomic E-state index is 11.6. The van der Waals surface area contributed by atoms with Crippen LogP contribution in [0.1, 0.15) is 5.56 Å². The lowest BCUT2D eigenvalue weighted by molar-refractivity contribution is -0.138. The monoisotopic (exact) mass is 228 g/mol. The van der Waals surface area contributed by atoms with E-state index in [0.29, 0.717) is 0 Å². The average molecular weight is 228 g/mol. The second-order valence-corrected chi connectivity index (χ2v) is 3.48. The fraction of sp³-hybridized carbons (Fsp3) is 0.0769. The molecule has 4 nitrogen and oxygen atoms in total. The number of carbonyl (C=O) groups is 1. The van der Waals surface area contributed by atoms with E-state index in [1.54, 1.807) is 12.4 Å². The largest absolute Gasteiger partial charge is 0.456 e. The van der Waals surface area contributed by atoms with Crippen LogP contribution in [-0.2, 0) is 16.1 Å². The van der Waals surface area contributed by atoms with E-state index < -0.39 is 5.97 Å². The second kappa shape index (κ2) is 5.12. The van der Waals surface area contributed by atoms with Gasteiger partial charge in [-0.2, -0.15) is 0 Å². The third-order valence-electron chi connectivity index (χ3n) is 2.26. The van der Waals surface area contributed by atoms with Gasteiger partial charge >= 0.3 is 5.97 Å². The topological polar surface area (TPSA) is 44.1 Å². The summed E-state index contributed by atoms with van der Waals surface area (Å²) >= 11 is 0. The summed E-state index contributed by atoms with van der Waals surface area (Å²) in [5.41, 5.74) is 1.19. The molecule has 0 fully saturated rings. The molecule has 17 heavy (non-hydrogen) atoms. The molecule has 2 rings (SSSR count). The van der Waals surface area contributed by atoms with Gasteiger partial charge in [0.05, 0.1) is 6.33 Å². The molecule has 0 bridgehead atoms. The summed E-state index contributed by atoms with van der Waals surface area (Å²) in [4.78, 5) is 15.5. The molecule has 4 heteroatoms. The maximum absolute atomic E-state index is 11.6. The van der Waals surface area contributed by atoms with Crippen molar-refractivity contribution in [1.29, 1.82) is 0 Å². The Morgan fingerprint density at radius 1 is 1.35 bits per heavy atom. The van der Waals surface area contributed by atoms with Crippen LogP contribution < -0.4 is 0 Å². The molecule has 0 aliphatic carbocycles. The standard InChI is InChI=1S/C13H12N2O2/c1-11(15-8-7-14-10-15)13(16)17-9-12-5-3-2-4-6-12/h2-8,10H,1,9H2. The fourth-order valence-corrected chi connectivity index (χ4v) is 1.33. The van der Waals surface area contributed by atoms with E-state index in [-0.39, 0.29) is 12.3 Å². The molecule has 0 spiro atoms. The van der Waals surface area contributed by atoms with Crippen LogP contribution in [0.5, 0.6) is 0 Å². The van der Waals surface area contributed by atoms with Crippen LogP contribution in [0.25, 0.3) is 5.70 Å².